The molecule has 0 radical (unpaired) electrons. The van der Waals surface area contributed by atoms with Gasteiger partial charge in [0.15, 0.2) is 5.69 Å². The Bertz CT molecular complexity index is 431. The lowest BCUT2D eigenvalue weighted by atomic mass is 9.89. The third kappa shape index (κ3) is 3.35. The average Bonchev–Trinajstić information content (AvgIpc) is 2.38. The van der Waals surface area contributed by atoms with E-state index in [1.54, 1.807) is 12.1 Å². The molecule has 5 heteroatoms. The fourth-order valence-electron chi connectivity index (χ4n) is 2.33. The maximum atomic E-state index is 10.9. The highest BCUT2D eigenvalue weighted by Crippen LogP contribution is 2.24. The number of anilines is 1. The van der Waals surface area contributed by atoms with Gasteiger partial charge >= 0.3 is 5.97 Å². The maximum Gasteiger partial charge on any atom is 0.356 e. The number of pyridine rings is 1. The molecule has 0 saturated heterocycles. The number of nitrogens with zero attached hydrogens (tertiary/aromatic N) is 1. The molecule has 1 aromatic heterocycles. The van der Waals surface area contributed by atoms with Gasteiger partial charge in [-0.3, -0.25) is 0 Å². The van der Waals surface area contributed by atoms with Crippen molar-refractivity contribution in [2.24, 2.45) is 5.92 Å². The Labute approximate surface area is 111 Å². The summed E-state index contributed by atoms with van der Waals surface area (Å²) in [6, 6.07) is 3.29. The highest BCUT2D eigenvalue weighted by atomic mass is 35.5. The summed E-state index contributed by atoms with van der Waals surface area (Å²) in [6.07, 6.45) is 6.40. The first-order valence-electron chi connectivity index (χ1n) is 6.30. The van der Waals surface area contributed by atoms with Crippen LogP contribution in [0.25, 0.3) is 0 Å². The Balaban J connectivity index is 1.96. The van der Waals surface area contributed by atoms with Crippen LogP contribution in [-0.2, 0) is 0 Å². The Morgan fingerprint density at radius 2 is 2.11 bits per heavy atom. The lowest BCUT2D eigenvalue weighted by Crippen LogP contribution is -2.18. The summed E-state index contributed by atoms with van der Waals surface area (Å²) in [5.41, 5.74) is -0.0923. The Morgan fingerprint density at radius 1 is 1.39 bits per heavy atom. The second kappa shape index (κ2) is 6.05. The molecule has 98 valence electrons. The molecule has 0 spiro atoms. The van der Waals surface area contributed by atoms with Gasteiger partial charge in [0.25, 0.3) is 0 Å². The number of carboxylic acid groups (broad SMARTS) is 1. The van der Waals surface area contributed by atoms with Crippen molar-refractivity contribution in [3.8, 4) is 0 Å². The number of carbonyl (C=O) groups is 1. The molecule has 1 fully saturated rings. The van der Waals surface area contributed by atoms with Gasteiger partial charge in [-0.1, -0.05) is 30.9 Å². The van der Waals surface area contributed by atoms with Crippen molar-refractivity contribution in [2.75, 3.05) is 11.9 Å². The highest BCUT2D eigenvalue weighted by molar-refractivity contribution is 6.33. The number of nitrogens with one attached hydrogen (secondary N) is 1. The van der Waals surface area contributed by atoms with Crippen molar-refractivity contribution in [1.82, 2.24) is 4.98 Å². The SMILES string of the molecule is O=C(O)c1nc(NCC2CCCCC2)ccc1Cl. The normalized spacial score (nSPS) is 16.5. The topological polar surface area (TPSA) is 62.2 Å². The average molecular weight is 269 g/mol. The fourth-order valence-corrected chi connectivity index (χ4v) is 2.52. The molecular formula is C13H17ClN2O2. The molecule has 4 nitrogen and oxygen atoms in total. The molecule has 1 aliphatic rings. The first kappa shape index (κ1) is 13.1. The van der Waals surface area contributed by atoms with Crippen LogP contribution in [0.3, 0.4) is 0 Å². The monoisotopic (exact) mass is 268 g/mol. The number of aromatic nitrogens is 1. The van der Waals surface area contributed by atoms with E-state index >= 15 is 0 Å². The zero-order valence-corrected chi connectivity index (χ0v) is 10.9. The fraction of sp³-hybridized carbons (Fsp3) is 0.538. The summed E-state index contributed by atoms with van der Waals surface area (Å²) >= 11 is 5.77. The lowest BCUT2D eigenvalue weighted by Gasteiger charge is -2.22. The maximum absolute atomic E-state index is 10.9. The van der Waals surface area contributed by atoms with Crippen LogP contribution in [0.2, 0.25) is 5.02 Å². The molecule has 0 aliphatic heterocycles. The Morgan fingerprint density at radius 3 is 2.78 bits per heavy atom. The van der Waals surface area contributed by atoms with Gasteiger partial charge in [-0.25, -0.2) is 9.78 Å². The molecule has 0 unspecified atom stereocenters. The van der Waals surface area contributed by atoms with E-state index in [0.717, 1.165) is 6.54 Å². The second-order valence-corrected chi connectivity index (χ2v) is 5.12. The van der Waals surface area contributed by atoms with Crippen molar-refractivity contribution >= 4 is 23.4 Å². The largest absolute Gasteiger partial charge is 0.476 e. The van der Waals surface area contributed by atoms with E-state index in [1.165, 1.54) is 32.1 Å². The van der Waals surface area contributed by atoms with Crippen LogP contribution in [0.1, 0.15) is 42.6 Å². The molecule has 1 aliphatic carbocycles. The van der Waals surface area contributed by atoms with E-state index in [4.69, 9.17) is 16.7 Å². The quantitative estimate of drug-likeness (QED) is 0.878. The van der Waals surface area contributed by atoms with Crippen LogP contribution in [-0.4, -0.2) is 22.6 Å². The lowest BCUT2D eigenvalue weighted by molar-refractivity contribution is 0.0691. The molecule has 18 heavy (non-hydrogen) atoms. The van der Waals surface area contributed by atoms with Gasteiger partial charge < -0.3 is 10.4 Å². The van der Waals surface area contributed by atoms with E-state index in [0.29, 0.717) is 11.7 Å². The summed E-state index contributed by atoms with van der Waals surface area (Å²) in [4.78, 5) is 14.9. The Hall–Kier alpha value is -1.29. The van der Waals surface area contributed by atoms with Crippen LogP contribution < -0.4 is 5.32 Å². The van der Waals surface area contributed by atoms with Crippen LogP contribution in [0, 0.1) is 5.92 Å². The molecule has 0 atom stereocenters. The third-order valence-electron chi connectivity index (χ3n) is 3.35. The van der Waals surface area contributed by atoms with Gasteiger partial charge in [-0.05, 0) is 30.9 Å². The summed E-state index contributed by atoms with van der Waals surface area (Å²) in [5, 5.41) is 12.3. The van der Waals surface area contributed by atoms with Crippen molar-refractivity contribution in [1.29, 1.82) is 0 Å². The molecule has 0 aromatic carbocycles. The highest BCUT2D eigenvalue weighted by Gasteiger charge is 2.14. The second-order valence-electron chi connectivity index (χ2n) is 4.72. The van der Waals surface area contributed by atoms with E-state index in [-0.39, 0.29) is 10.7 Å². The molecular weight excluding hydrogens is 252 g/mol. The molecule has 1 aromatic rings. The van der Waals surface area contributed by atoms with Crippen molar-refractivity contribution < 1.29 is 9.90 Å². The van der Waals surface area contributed by atoms with Gasteiger partial charge in [0.05, 0.1) is 5.02 Å². The minimum atomic E-state index is -1.10. The molecule has 2 rings (SSSR count). The number of aromatic carboxylic acids is 1. The summed E-state index contributed by atoms with van der Waals surface area (Å²) < 4.78 is 0. The van der Waals surface area contributed by atoms with Crippen molar-refractivity contribution in [3.05, 3.63) is 22.8 Å². The number of carboxylic acids is 1. The molecule has 0 bridgehead atoms. The van der Waals surface area contributed by atoms with Crippen LogP contribution >= 0.6 is 11.6 Å². The van der Waals surface area contributed by atoms with Crippen LogP contribution in [0.4, 0.5) is 5.82 Å². The van der Waals surface area contributed by atoms with Gasteiger partial charge in [0, 0.05) is 6.54 Å². The Kier molecular flexibility index (Phi) is 4.42. The molecule has 0 amide bonds. The molecule has 1 saturated carbocycles. The van der Waals surface area contributed by atoms with E-state index < -0.39 is 5.97 Å². The number of hydrogen-bond donors (Lipinski definition) is 2. The minimum absolute atomic E-state index is 0.0923. The number of hydrogen-bond acceptors (Lipinski definition) is 3. The summed E-state index contributed by atoms with van der Waals surface area (Å²) in [7, 11) is 0. The van der Waals surface area contributed by atoms with E-state index in [1.807, 2.05) is 0 Å². The van der Waals surface area contributed by atoms with Gasteiger partial charge in [0.2, 0.25) is 0 Å². The van der Waals surface area contributed by atoms with Gasteiger partial charge in [0.1, 0.15) is 5.82 Å². The van der Waals surface area contributed by atoms with Crippen LogP contribution in [0.15, 0.2) is 12.1 Å². The number of rotatable bonds is 4. The summed E-state index contributed by atoms with van der Waals surface area (Å²) in [6.45, 7) is 0.855. The predicted molar refractivity (Wildman–Crippen MR) is 71.3 cm³/mol. The zero-order valence-electron chi connectivity index (χ0n) is 10.2. The van der Waals surface area contributed by atoms with Crippen molar-refractivity contribution in [3.63, 3.8) is 0 Å². The van der Waals surface area contributed by atoms with Gasteiger partial charge in [-0.2, -0.15) is 0 Å². The molecule has 1 heterocycles. The number of halogens is 1. The van der Waals surface area contributed by atoms with E-state index in [2.05, 4.69) is 10.3 Å². The van der Waals surface area contributed by atoms with E-state index in [9.17, 15) is 4.79 Å². The first-order valence-corrected chi connectivity index (χ1v) is 6.68. The van der Waals surface area contributed by atoms with Gasteiger partial charge in [-0.15, -0.1) is 0 Å². The standard InChI is InChI=1S/C13H17ClN2O2/c14-10-6-7-11(16-12(10)13(17)18)15-8-9-4-2-1-3-5-9/h6-7,9H,1-5,8H2,(H,15,16)(H,17,18). The summed E-state index contributed by atoms with van der Waals surface area (Å²) in [5.74, 6) is 0.160. The minimum Gasteiger partial charge on any atom is -0.476 e. The zero-order chi connectivity index (χ0) is 13.0. The van der Waals surface area contributed by atoms with Crippen LogP contribution in [0.5, 0.6) is 0 Å². The molecule has 2 N–H and O–H groups in total. The van der Waals surface area contributed by atoms with Crippen molar-refractivity contribution in [2.45, 2.75) is 32.1 Å². The predicted octanol–water partition coefficient (Wildman–Crippen LogP) is 3.43. The first-order chi connectivity index (χ1) is 8.66. The smallest absolute Gasteiger partial charge is 0.356 e. The third-order valence-corrected chi connectivity index (χ3v) is 3.65.